The number of benzene rings is 2. The van der Waals surface area contributed by atoms with Crippen LogP contribution in [0.1, 0.15) is 11.1 Å². The Morgan fingerprint density at radius 3 is 1.50 bits per heavy atom. The summed E-state index contributed by atoms with van der Waals surface area (Å²) >= 11 is 0. The van der Waals surface area contributed by atoms with Crippen LogP contribution in [0.15, 0.2) is 60.7 Å². The van der Waals surface area contributed by atoms with Crippen LogP contribution in [0.4, 0.5) is 0 Å². The van der Waals surface area contributed by atoms with Gasteiger partial charge in [-0.3, -0.25) is 0 Å². The average molecular weight is 345 g/mol. The molecule has 0 unspecified atom stereocenters. The molecule has 24 heavy (non-hydrogen) atoms. The van der Waals surface area contributed by atoms with Crippen LogP contribution in [0.25, 0.3) is 11.5 Å². The van der Waals surface area contributed by atoms with E-state index in [2.05, 4.69) is 0 Å². The molecular formula is C18H20NO4P. The normalized spacial score (nSPS) is 22.9. The zero-order valence-electron chi connectivity index (χ0n) is 13.7. The molecule has 0 aromatic heterocycles. The van der Waals surface area contributed by atoms with Crippen molar-refractivity contribution in [3.05, 3.63) is 71.8 Å². The number of hydrogen-bond donors (Lipinski definition) is 0. The summed E-state index contributed by atoms with van der Waals surface area (Å²) in [4.78, 5) is 0. The first-order chi connectivity index (χ1) is 11.6. The van der Waals surface area contributed by atoms with Crippen LogP contribution < -0.4 is 0 Å². The van der Waals surface area contributed by atoms with Gasteiger partial charge in [0, 0.05) is 0 Å². The van der Waals surface area contributed by atoms with Gasteiger partial charge in [0.05, 0.1) is 0 Å². The van der Waals surface area contributed by atoms with Crippen LogP contribution in [-0.2, 0) is 18.1 Å². The SMILES string of the molecule is CN(C)P12(OCCO1)OC(c1ccccc1)=C(c1ccccc1)O2. The van der Waals surface area contributed by atoms with Crippen molar-refractivity contribution in [1.29, 1.82) is 0 Å². The van der Waals surface area contributed by atoms with E-state index in [1.54, 1.807) is 4.67 Å². The summed E-state index contributed by atoms with van der Waals surface area (Å²) in [5, 5.41) is 0. The van der Waals surface area contributed by atoms with Gasteiger partial charge in [-0.05, 0) is 0 Å². The van der Waals surface area contributed by atoms with Gasteiger partial charge in [-0.15, -0.1) is 0 Å². The van der Waals surface area contributed by atoms with Gasteiger partial charge in [-0.25, -0.2) is 0 Å². The third-order valence-corrected chi connectivity index (χ3v) is 7.63. The molecule has 1 saturated heterocycles. The predicted molar refractivity (Wildman–Crippen MR) is 94.4 cm³/mol. The maximum absolute atomic E-state index is 6.38. The summed E-state index contributed by atoms with van der Waals surface area (Å²) in [7, 11) is -0.0975. The maximum atomic E-state index is 6.38. The summed E-state index contributed by atoms with van der Waals surface area (Å²) in [5.41, 5.74) is 1.86. The van der Waals surface area contributed by atoms with Gasteiger partial charge in [0.1, 0.15) is 0 Å². The monoisotopic (exact) mass is 345 g/mol. The zero-order valence-corrected chi connectivity index (χ0v) is 14.6. The summed E-state index contributed by atoms with van der Waals surface area (Å²) < 4.78 is 26.6. The molecule has 0 saturated carbocycles. The summed E-state index contributed by atoms with van der Waals surface area (Å²) in [6, 6.07) is 19.8. The molecule has 2 aliphatic heterocycles. The molecule has 2 aromatic carbocycles. The van der Waals surface area contributed by atoms with Gasteiger partial charge in [-0.1, -0.05) is 0 Å². The molecule has 0 aliphatic carbocycles. The Morgan fingerprint density at radius 1 is 0.708 bits per heavy atom. The van der Waals surface area contributed by atoms with Crippen molar-refractivity contribution in [1.82, 2.24) is 4.67 Å². The van der Waals surface area contributed by atoms with Gasteiger partial charge in [0.15, 0.2) is 0 Å². The van der Waals surface area contributed by atoms with Crippen LogP contribution in [0, 0.1) is 0 Å². The van der Waals surface area contributed by atoms with Gasteiger partial charge in [0.25, 0.3) is 0 Å². The van der Waals surface area contributed by atoms with E-state index in [1.165, 1.54) is 0 Å². The van der Waals surface area contributed by atoms with Crippen molar-refractivity contribution in [3.8, 4) is 0 Å². The first-order valence-electron chi connectivity index (χ1n) is 7.88. The fourth-order valence-electron chi connectivity index (χ4n) is 2.87. The molecule has 6 heteroatoms. The van der Waals surface area contributed by atoms with Crippen molar-refractivity contribution in [2.75, 3.05) is 27.3 Å². The molecule has 2 aliphatic rings. The van der Waals surface area contributed by atoms with Gasteiger partial charge in [0.2, 0.25) is 0 Å². The molecule has 5 nitrogen and oxygen atoms in total. The average Bonchev–Trinajstić information content (AvgIpc) is 3.22. The fraction of sp³-hybridized carbons (Fsp3) is 0.222. The Hall–Kier alpha value is -1.91. The van der Waals surface area contributed by atoms with Crippen molar-refractivity contribution < 1.29 is 18.1 Å². The molecule has 0 atom stereocenters. The van der Waals surface area contributed by atoms with Crippen LogP contribution in [0.5, 0.6) is 0 Å². The molecule has 1 fully saturated rings. The first-order valence-corrected chi connectivity index (χ1v) is 9.74. The van der Waals surface area contributed by atoms with Gasteiger partial charge < -0.3 is 0 Å². The van der Waals surface area contributed by atoms with Crippen LogP contribution in [-0.4, -0.2) is 32.0 Å². The fourth-order valence-corrected chi connectivity index (χ4v) is 5.73. The minimum absolute atomic E-state index is 0.445. The standard InChI is InChI=1S/C18H20NO4P/c1-19(2)24(20-13-14-21-24)22-17(15-9-5-3-6-10-15)18(23-24)16-11-7-4-8-12-16/h3-12H,13-14H2,1-2H3. The van der Waals surface area contributed by atoms with E-state index in [9.17, 15) is 0 Å². The van der Waals surface area contributed by atoms with E-state index in [0.717, 1.165) is 11.1 Å². The molecule has 1 spiro atoms. The predicted octanol–water partition coefficient (Wildman–Crippen LogP) is 4.30. The third-order valence-electron chi connectivity index (χ3n) is 4.12. The Bertz CT molecular complexity index is 715. The second kappa shape index (κ2) is 5.57. The molecule has 2 heterocycles. The number of hydrogen-bond acceptors (Lipinski definition) is 5. The van der Waals surface area contributed by atoms with Crippen LogP contribution >= 0.6 is 7.66 Å². The Kier molecular flexibility index (Phi) is 3.62. The molecule has 2 aromatic rings. The Morgan fingerprint density at radius 2 is 1.12 bits per heavy atom. The minimum atomic E-state index is -3.82. The Labute approximate surface area is 141 Å². The summed E-state index contributed by atoms with van der Waals surface area (Å²) in [5.74, 6) is 1.30. The van der Waals surface area contributed by atoms with Crippen molar-refractivity contribution >= 4 is 19.2 Å². The molecule has 0 N–H and O–H groups in total. The van der Waals surface area contributed by atoms with Gasteiger partial charge in [-0.2, -0.15) is 0 Å². The van der Waals surface area contributed by atoms with Gasteiger partial charge >= 0.3 is 141 Å². The second-order valence-electron chi connectivity index (χ2n) is 5.86. The molecule has 126 valence electrons. The molecule has 0 bridgehead atoms. The number of rotatable bonds is 3. The molecule has 4 rings (SSSR count). The summed E-state index contributed by atoms with van der Waals surface area (Å²) in [6.07, 6.45) is 0. The number of nitrogens with zero attached hydrogens (tertiary/aromatic N) is 1. The van der Waals surface area contributed by atoms with E-state index in [-0.39, 0.29) is 0 Å². The van der Waals surface area contributed by atoms with Crippen LogP contribution in [0.3, 0.4) is 0 Å². The topological polar surface area (TPSA) is 40.2 Å². The summed E-state index contributed by atoms with van der Waals surface area (Å²) in [6.45, 7) is 0.889. The molecule has 0 amide bonds. The first kappa shape index (κ1) is 15.6. The van der Waals surface area contributed by atoms with Crippen molar-refractivity contribution in [2.45, 2.75) is 0 Å². The van der Waals surface area contributed by atoms with E-state index in [0.29, 0.717) is 24.7 Å². The third kappa shape index (κ3) is 2.25. The molecular weight excluding hydrogens is 325 g/mol. The van der Waals surface area contributed by atoms with Crippen LogP contribution in [0.2, 0.25) is 0 Å². The quantitative estimate of drug-likeness (QED) is 0.776. The zero-order chi connectivity index (χ0) is 16.6. The van der Waals surface area contributed by atoms with E-state index >= 15 is 0 Å². The van der Waals surface area contributed by atoms with Crippen molar-refractivity contribution in [3.63, 3.8) is 0 Å². The van der Waals surface area contributed by atoms with E-state index in [1.807, 2.05) is 74.8 Å². The Balaban J connectivity index is 1.88. The van der Waals surface area contributed by atoms with Crippen molar-refractivity contribution in [2.24, 2.45) is 0 Å². The van der Waals surface area contributed by atoms with E-state index in [4.69, 9.17) is 18.1 Å². The molecule has 0 radical (unpaired) electrons. The second-order valence-corrected chi connectivity index (χ2v) is 9.09. The van der Waals surface area contributed by atoms with E-state index < -0.39 is 7.66 Å².